The standard InChI is InChI=1S/C28H26N6O4S/c1-33(2)26(36)12-13-34-21-9-8-19(30-15-22(35)18-6-4-3-5-7-18)14-20(21)31-28(34)32-27(37)25-11-10-24(39-25)23-16-29-17-38-23/h3-11,14,16-17,30H,12-13,15H2,1-2H3,(H,31,32,37). The highest BCUT2D eigenvalue weighted by Gasteiger charge is 2.18. The predicted octanol–water partition coefficient (Wildman–Crippen LogP) is 4.78. The van der Waals surface area contributed by atoms with Crippen LogP contribution >= 0.6 is 11.3 Å². The Labute approximate surface area is 228 Å². The van der Waals surface area contributed by atoms with Gasteiger partial charge in [0.2, 0.25) is 11.9 Å². The number of nitrogens with zero attached hydrogens (tertiary/aromatic N) is 4. The number of hydrogen-bond acceptors (Lipinski definition) is 8. The molecule has 0 saturated heterocycles. The quantitative estimate of drug-likeness (QED) is 0.244. The minimum absolute atomic E-state index is 0.0305. The number of thiophene rings is 1. The Kier molecular flexibility index (Phi) is 7.50. The molecule has 0 spiro atoms. The van der Waals surface area contributed by atoms with Crippen molar-refractivity contribution in [2.75, 3.05) is 31.3 Å². The molecule has 0 aliphatic carbocycles. The number of Topliss-reactive ketones (excluding diaryl/α,β-unsaturated/α-hetero) is 1. The lowest BCUT2D eigenvalue weighted by atomic mass is 10.1. The maximum absolute atomic E-state index is 13.1. The Morgan fingerprint density at radius 1 is 1.05 bits per heavy atom. The van der Waals surface area contributed by atoms with E-state index in [4.69, 9.17) is 4.42 Å². The minimum Gasteiger partial charge on any atom is -0.443 e. The third-order valence-electron chi connectivity index (χ3n) is 6.08. The number of rotatable bonds is 10. The normalized spacial score (nSPS) is 10.9. The van der Waals surface area contributed by atoms with E-state index in [9.17, 15) is 14.4 Å². The zero-order valence-electron chi connectivity index (χ0n) is 21.4. The zero-order chi connectivity index (χ0) is 27.4. The van der Waals surface area contributed by atoms with E-state index >= 15 is 0 Å². The first-order valence-corrected chi connectivity index (χ1v) is 13.0. The first-order chi connectivity index (χ1) is 18.9. The highest BCUT2D eigenvalue weighted by atomic mass is 32.1. The van der Waals surface area contributed by atoms with Crippen molar-refractivity contribution in [1.29, 1.82) is 0 Å². The molecular formula is C28H26N6O4S. The fraction of sp³-hybridized carbons (Fsp3) is 0.179. The molecule has 0 saturated carbocycles. The van der Waals surface area contributed by atoms with E-state index in [1.807, 2.05) is 41.0 Å². The van der Waals surface area contributed by atoms with Crippen LogP contribution in [0.1, 0.15) is 26.5 Å². The van der Waals surface area contributed by atoms with Gasteiger partial charge in [0, 0.05) is 38.3 Å². The van der Waals surface area contributed by atoms with Gasteiger partial charge in [-0.15, -0.1) is 11.3 Å². The molecule has 0 aliphatic rings. The average Bonchev–Trinajstić information content (AvgIpc) is 3.70. The van der Waals surface area contributed by atoms with Crippen LogP contribution in [0, 0.1) is 0 Å². The van der Waals surface area contributed by atoms with Crippen molar-refractivity contribution in [3.05, 3.63) is 83.7 Å². The van der Waals surface area contributed by atoms with Gasteiger partial charge in [0.05, 0.1) is 33.5 Å². The molecule has 39 heavy (non-hydrogen) atoms. The second-order valence-corrected chi connectivity index (χ2v) is 10.0. The Bertz CT molecular complexity index is 1620. The number of ketones is 1. The van der Waals surface area contributed by atoms with Crippen LogP contribution in [0.3, 0.4) is 0 Å². The molecular weight excluding hydrogens is 516 g/mol. The van der Waals surface area contributed by atoms with Gasteiger partial charge in [0.15, 0.2) is 17.9 Å². The van der Waals surface area contributed by atoms with Crippen LogP contribution in [0.4, 0.5) is 11.6 Å². The van der Waals surface area contributed by atoms with E-state index in [1.165, 1.54) is 22.6 Å². The Morgan fingerprint density at radius 2 is 1.87 bits per heavy atom. The number of carbonyl (C=O) groups is 3. The van der Waals surface area contributed by atoms with E-state index in [-0.39, 0.29) is 30.6 Å². The summed E-state index contributed by atoms with van der Waals surface area (Å²) in [5, 5.41) is 6.05. The van der Waals surface area contributed by atoms with E-state index in [0.29, 0.717) is 39.9 Å². The van der Waals surface area contributed by atoms with Gasteiger partial charge < -0.3 is 19.2 Å². The number of amides is 2. The van der Waals surface area contributed by atoms with Gasteiger partial charge in [-0.05, 0) is 30.3 Å². The van der Waals surface area contributed by atoms with Crippen molar-refractivity contribution in [3.63, 3.8) is 0 Å². The van der Waals surface area contributed by atoms with E-state index < -0.39 is 0 Å². The topological polar surface area (TPSA) is 122 Å². The first kappa shape index (κ1) is 25.9. The number of benzene rings is 2. The third kappa shape index (κ3) is 5.88. The second-order valence-electron chi connectivity index (χ2n) is 8.96. The molecule has 5 rings (SSSR count). The lowest BCUT2D eigenvalue weighted by molar-refractivity contribution is -0.128. The average molecular weight is 543 g/mol. The summed E-state index contributed by atoms with van der Waals surface area (Å²) in [4.78, 5) is 49.3. The number of carbonyl (C=O) groups excluding carboxylic acids is 3. The van der Waals surface area contributed by atoms with Gasteiger partial charge in [-0.2, -0.15) is 0 Å². The number of nitrogens with one attached hydrogen (secondary N) is 2. The van der Waals surface area contributed by atoms with E-state index in [2.05, 4.69) is 20.6 Å². The fourth-order valence-electron chi connectivity index (χ4n) is 3.99. The van der Waals surface area contributed by atoms with Crippen molar-refractivity contribution >= 4 is 51.6 Å². The highest BCUT2D eigenvalue weighted by Crippen LogP contribution is 2.29. The summed E-state index contributed by atoms with van der Waals surface area (Å²) in [6.45, 7) is 0.458. The van der Waals surface area contributed by atoms with Crippen molar-refractivity contribution < 1.29 is 18.8 Å². The summed E-state index contributed by atoms with van der Waals surface area (Å²) in [6, 6.07) is 18.1. The monoisotopic (exact) mass is 542 g/mol. The van der Waals surface area contributed by atoms with Gasteiger partial charge >= 0.3 is 0 Å². The zero-order valence-corrected chi connectivity index (χ0v) is 22.2. The van der Waals surface area contributed by atoms with Crippen LogP contribution in [-0.4, -0.2) is 57.7 Å². The fourth-order valence-corrected chi connectivity index (χ4v) is 4.85. The third-order valence-corrected chi connectivity index (χ3v) is 7.17. The van der Waals surface area contributed by atoms with E-state index in [1.54, 1.807) is 44.6 Å². The molecule has 5 aromatic rings. The molecule has 11 heteroatoms. The molecule has 10 nitrogen and oxygen atoms in total. The number of imidazole rings is 1. The maximum Gasteiger partial charge on any atom is 0.268 e. The number of hydrogen-bond donors (Lipinski definition) is 2. The molecule has 0 unspecified atom stereocenters. The summed E-state index contributed by atoms with van der Waals surface area (Å²) in [6.07, 6.45) is 3.17. The number of fused-ring (bicyclic) bond motifs is 1. The smallest absolute Gasteiger partial charge is 0.268 e. The van der Waals surface area contributed by atoms with Gasteiger partial charge in [-0.3, -0.25) is 19.7 Å². The van der Waals surface area contributed by atoms with Crippen molar-refractivity contribution in [2.45, 2.75) is 13.0 Å². The van der Waals surface area contributed by atoms with E-state index in [0.717, 1.165) is 10.4 Å². The molecule has 0 radical (unpaired) electrons. The number of aryl methyl sites for hydroxylation is 1. The number of oxazole rings is 1. The van der Waals surface area contributed by atoms with Crippen molar-refractivity contribution in [1.82, 2.24) is 19.4 Å². The van der Waals surface area contributed by atoms with Crippen molar-refractivity contribution in [2.24, 2.45) is 0 Å². The first-order valence-electron chi connectivity index (χ1n) is 12.2. The summed E-state index contributed by atoms with van der Waals surface area (Å²) in [7, 11) is 3.41. The van der Waals surface area contributed by atoms with Crippen LogP contribution in [0.25, 0.3) is 21.7 Å². The molecule has 198 valence electrons. The Balaban J connectivity index is 1.38. The lowest BCUT2D eigenvalue weighted by Crippen LogP contribution is -2.23. The molecule has 0 aliphatic heterocycles. The molecule has 2 amide bonds. The second kappa shape index (κ2) is 11.3. The van der Waals surface area contributed by atoms with Gasteiger partial charge in [0.25, 0.3) is 5.91 Å². The molecule has 2 N–H and O–H groups in total. The van der Waals surface area contributed by atoms with Crippen LogP contribution in [0.15, 0.2) is 77.7 Å². The maximum atomic E-state index is 13.1. The largest absolute Gasteiger partial charge is 0.443 e. The van der Waals surface area contributed by atoms with Gasteiger partial charge in [-0.25, -0.2) is 9.97 Å². The number of aromatic nitrogens is 3. The molecule has 3 heterocycles. The van der Waals surface area contributed by atoms with Crippen LogP contribution in [-0.2, 0) is 11.3 Å². The summed E-state index contributed by atoms with van der Waals surface area (Å²) >= 11 is 1.28. The summed E-state index contributed by atoms with van der Waals surface area (Å²) < 4.78 is 7.14. The van der Waals surface area contributed by atoms with Crippen LogP contribution < -0.4 is 10.6 Å². The molecule has 0 bridgehead atoms. The predicted molar refractivity (Wildman–Crippen MR) is 150 cm³/mol. The highest BCUT2D eigenvalue weighted by molar-refractivity contribution is 7.17. The molecule has 0 fully saturated rings. The van der Waals surface area contributed by atoms with Crippen LogP contribution in [0.2, 0.25) is 0 Å². The van der Waals surface area contributed by atoms with Crippen LogP contribution in [0.5, 0.6) is 0 Å². The summed E-state index contributed by atoms with van der Waals surface area (Å²) in [5.41, 5.74) is 2.72. The minimum atomic E-state index is -0.326. The number of anilines is 2. The summed E-state index contributed by atoms with van der Waals surface area (Å²) in [5.74, 6) is 0.514. The molecule has 2 aromatic carbocycles. The Hall–Kier alpha value is -4.77. The molecule has 3 aromatic heterocycles. The van der Waals surface area contributed by atoms with Crippen molar-refractivity contribution in [3.8, 4) is 10.6 Å². The Morgan fingerprint density at radius 3 is 2.62 bits per heavy atom. The SMILES string of the molecule is CN(C)C(=O)CCn1c(NC(=O)c2ccc(-c3cnco3)s2)nc2cc(NCC(=O)c3ccccc3)ccc21. The molecule has 0 atom stereocenters. The van der Waals surface area contributed by atoms with Gasteiger partial charge in [-0.1, -0.05) is 30.3 Å². The van der Waals surface area contributed by atoms with Gasteiger partial charge in [0.1, 0.15) is 0 Å². The lowest BCUT2D eigenvalue weighted by Gasteiger charge is -2.13.